The zero-order valence-corrected chi connectivity index (χ0v) is 19.8. The monoisotopic (exact) mass is 446 g/mol. The van der Waals surface area contributed by atoms with E-state index >= 15 is 0 Å². The molecule has 0 unspecified atom stereocenters. The second kappa shape index (κ2) is 9.21. The van der Waals surface area contributed by atoms with E-state index in [0.29, 0.717) is 30.3 Å². The number of carbonyl (C=O) groups excluding carboxylic acids is 2. The van der Waals surface area contributed by atoms with Gasteiger partial charge in [-0.2, -0.15) is 5.10 Å². The first kappa shape index (κ1) is 23.0. The lowest BCUT2D eigenvalue weighted by atomic mass is 9.92. The van der Waals surface area contributed by atoms with Gasteiger partial charge in [0.05, 0.1) is 25.7 Å². The molecule has 2 aromatic rings. The van der Waals surface area contributed by atoms with Crippen molar-refractivity contribution in [3.63, 3.8) is 0 Å². The Morgan fingerprint density at radius 2 is 1.74 bits per heavy atom. The van der Waals surface area contributed by atoms with Crippen LogP contribution in [-0.4, -0.2) is 64.7 Å². The van der Waals surface area contributed by atoms with Gasteiger partial charge < -0.3 is 9.47 Å². The molecule has 0 atom stereocenters. The third kappa shape index (κ3) is 4.98. The number of methoxy groups -OCH3 is 2. The van der Waals surface area contributed by atoms with Crippen molar-refractivity contribution in [1.82, 2.24) is 19.8 Å². The summed E-state index contributed by atoms with van der Waals surface area (Å²) in [6, 6.07) is 7.36. The van der Waals surface area contributed by atoms with Crippen LogP contribution in [0, 0.1) is 0 Å². The highest BCUT2D eigenvalue weighted by atomic mass is 32.2. The molecule has 1 aromatic carbocycles. The van der Waals surface area contributed by atoms with E-state index < -0.39 is 0 Å². The summed E-state index contributed by atoms with van der Waals surface area (Å²) in [5.41, 5.74) is 1.17. The fourth-order valence-electron chi connectivity index (χ4n) is 3.37. The molecule has 2 amide bonds. The minimum absolute atomic E-state index is 0.108. The summed E-state index contributed by atoms with van der Waals surface area (Å²) in [4.78, 5) is 27.0. The lowest BCUT2D eigenvalue weighted by Crippen LogP contribution is -2.46. The maximum absolute atomic E-state index is 13.2. The van der Waals surface area contributed by atoms with E-state index in [1.54, 1.807) is 36.0 Å². The summed E-state index contributed by atoms with van der Waals surface area (Å²) < 4.78 is 12.2. The number of rotatable bonds is 6. The SMILES string of the molecule is COc1ccc(SCC(=O)N2CCCN2C(=O)c2cc(C(C)(C)C)nn2C)cc1OC. The van der Waals surface area contributed by atoms with Gasteiger partial charge in [0.2, 0.25) is 0 Å². The molecule has 31 heavy (non-hydrogen) atoms. The maximum atomic E-state index is 13.2. The van der Waals surface area contributed by atoms with Crippen molar-refractivity contribution < 1.29 is 19.1 Å². The Morgan fingerprint density at radius 3 is 2.35 bits per heavy atom. The number of nitrogens with zero attached hydrogens (tertiary/aromatic N) is 4. The van der Waals surface area contributed by atoms with Gasteiger partial charge in [-0.05, 0) is 30.7 Å². The third-order valence-electron chi connectivity index (χ3n) is 5.14. The zero-order chi connectivity index (χ0) is 22.8. The van der Waals surface area contributed by atoms with Gasteiger partial charge in [-0.15, -0.1) is 11.8 Å². The first-order valence-electron chi connectivity index (χ1n) is 10.2. The summed E-state index contributed by atoms with van der Waals surface area (Å²) >= 11 is 1.40. The number of hydrogen-bond donors (Lipinski definition) is 0. The van der Waals surface area contributed by atoms with Crippen molar-refractivity contribution in [3.8, 4) is 11.5 Å². The third-order valence-corrected chi connectivity index (χ3v) is 6.12. The van der Waals surface area contributed by atoms with Gasteiger partial charge >= 0.3 is 0 Å². The first-order chi connectivity index (χ1) is 14.7. The van der Waals surface area contributed by atoms with Crippen LogP contribution >= 0.6 is 11.8 Å². The van der Waals surface area contributed by atoms with Crippen LogP contribution in [-0.2, 0) is 17.3 Å². The van der Waals surface area contributed by atoms with E-state index in [0.717, 1.165) is 17.0 Å². The van der Waals surface area contributed by atoms with E-state index in [1.807, 2.05) is 24.3 Å². The minimum atomic E-state index is -0.201. The van der Waals surface area contributed by atoms with Crippen molar-refractivity contribution in [1.29, 1.82) is 0 Å². The van der Waals surface area contributed by atoms with Gasteiger partial charge in [0.25, 0.3) is 11.8 Å². The lowest BCUT2D eigenvalue weighted by molar-refractivity contribution is -0.137. The molecule has 1 aromatic heterocycles. The molecule has 1 fully saturated rings. The number of ether oxygens (including phenoxy) is 2. The molecule has 0 radical (unpaired) electrons. The Labute approximate surface area is 187 Å². The Hall–Kier alpha value is -2.68. The van der Waals surface area contributed by atoms with Crippen LogP contribution in [0.4, 0.5) is 0 Å². The van der Waals surface area contributed by atoms with Crippen molar-refractivity contribution in [2.24, 2.45) is 7.05 Å². The number of thioether (sulfide) groups is 1. The predicted molar refractivity (Wildman–Crippen MR) is 120 cm³/mol. The van der Waals surface area contributed by atoms with E-state index in [4.69, 9.17) is 9.47 Å². The van der Waals surface area contributed by atoms with E-state index in [-0.39, 0.29) is 23.0 Å². The number of aromatic nitrogens is 2. The summed E-state index contributed by atoms with van der Waals surface area (Å²) in [5, 5.41) is 7.59. The Bertz CT molecular complexity index is 967. The van der Waals surface area contributed by atoms with Crippen LogP contribution in [0.2, 0.25) is 0 Å². The smallest absolute Gasteiger partial charge is 0.290 e. The summed E-state index contributed by atoms with van der Waals surface area (Å²) in [5.74, 6) is 1.16. The second-order valence-electron chi connectivity index (χ2n) is 8.39. The topological polar surface area (TPSA) is 76.9 Å². The van der Waals surface area contributed by atoms with Crippen molar-refractivity contribution in [2.45, 2.75) is 37.5 Å². The molecule has 1 saturated heterocycles. The molecule has 1 aliphatic rings. The molecule has 0 bridgehead atoms. The van der Waals surface area contributed by atoms with Crippen LogP contribution in [0.5, 0.6) is 11.5 Å². The minimum Gasteiger partial charge on any atom is -0.493 e. The van der Waals surface area contributed by atoms with Crippen LogP contribution < -0.4 is 9.47 Å². The Morgan fingerprint density at radius 1 is 1.06 bits per heavy atom. The lowest BCUT2D eigenvalue weighted by Gasteiger charge is -2.27. The Kier molecular flexibility index (Phi) is 6.83. The van der Waals surface area contributed by atoms with Gasteiger partial charge in [0.15, 0.2) is 11.5 Å². The molecule has 2 heterocycles. The van der Waals surface area contributed by atoms with Crippen LogP contribution in [0.3, 0.4) is 0 Å². The average molecular weight is 447 g/mol. The largest absolute Gasteiger partial charge is 0.493 e. The number of amides is 2. The number of benzene rings is 1. The fraction of sp³-hybridized carbons (Fsp3) is 0.500. The highest BCUT2D eigenvalue weighted by molar-refractivity contribution is 8.00. The molecule has 0 N–H and O–H groups in total. The molecule has 0 aliphatic carbocycles. The molecule has 0 saturated carbocycles. The molecule has 1 aliphatic heterocycles. The quantitative estimate of drug-likeness (QED) is 0.635. The fourth-order valence-corrected chi connectivity index (χ4v) is 4.17. The van der Waals surface area contributed by atoms with Crippen molar-refractivity contribution >= 4 is 23.6 Å². The van der Waals surface area contributed by atoms with Crippen LogP contribution in [0.15, 0.2) is 29.2 Å². The molecule has 3 rings (SSSR count). The summed E-state index contributed by atoms with van der Waals surface area (Å²) in [7, 11) is 4.92. The van der Waals surface area contributed by atoms with Gasteiger partial charge in [-0.3, -0.25) is 19.3 Å². The molecule has 9 heteroatoms. The zero-order valence-electron chi connectivity index (χ0n) is 19.0. The van der Waals surface area contributed by atoms with Gasteiger partial charge in [-0.25, -0.2) is 5.01 Å². The molecular weight excluding hydrogens is 416 g/mol. The normalized spacial score (nSPS) is 14.1. The molecular formula is C22H30N4O4S. The second-order valence-corrected chi connectivity index (χ2v) is 9.44. The number of hydrazine groups is 1. The van der Waals surface area contributed by atoms with Crippen molar-refractivity contribution in [3.05, 3.63) is 35.7 Å². The molecule has 168 valence electrons. The van der Waals surface area contributed by atoms with E-state index in [2.05, 4.69) is 25.9 Å². The van der Waals surface area contributed by atoms with Gasteiger partial charge in [0.1, 0.15) is 5.69 Å². The van der Waals surface area contributed by atoms with Crippen molar-refractivity contribution in [2.75, 3.05) is 33.1 Å². The molecule has 8 nitrogen and oxygen atoms in total. The maximum Gasteiger partial charge on any atom is 0.290 e. The summed E-state index contributed by atoms with van der Waals surface area (Å²) in [6.45, 7) is 7.21. The van der Waals surface area contributed by atoms with Crippen LogP contribution in [0.1, 0.15) is 43.4 Å². The van der Waals surface area contributed by atoms with Gasteiger partial charge in [0, 0.05) is 30.4 Å². The first-order valence-corrected chi connectivity index (χ1v) is 11.2. The van der Waals surface area contributed by atoms with E-state index in [9.17, 15) is 9.59 Å². The number of carbonyl (C=O) groups is 2. The Balaban J connectivity index is 1.69. The highest BCUT2D eigenvalue weighted by Crippen LogP contribution is 2.32. The average Bonchev–Trinajstić information content (AvgIpc) is 3.38. The predicted octanol–water partition coefficient (Wildman–Crippen LogP) is 3.12. The standard InChI is InChI=1S/C22H30N4O4S/c1-22(2,3)19-13-16(24(4)23-19)21(28)26-11-7-10-25(26)20(27)14-31-15-8-9-17(29-5)18(12-15)30-6/h8-9,12-13H,7,10-11,14H2,1-6H3. The number of aryl methyl sites for hydroxylation is 1. The highest BCUT2D eigenvalue weighted by Gasteiger charge is 2.33. The van der Waals surface area contributed by atoms with E-state index in [1.165, 1.54) is 11.8 Å². The van der Waals surface area contributed by atoms with Crippen LogP contribution in [0.25, 0.3) is 0 Å². The number of hydrogen-bond acceptors (Lipinski definition) is 6. The van der Waals surface area contributed by atoms with Gasteiger partial charge in [-0.1, -0.05) is 20.8 Å². The summed E-state index contributed by atoms with van der Waals surface area (Å²) in [6.07, 6.45) is 0.752. The molecule has 0 spiro atoms.